The standard InChI is InChI=1S/C15H19N3O2/c1-11(17-8-4-5-9-17)15-16-12-6-2-3-7-13(12)18(15)10-14(19)20/h2-3,6-7,11H,4-5,8-10H2,1H3,(H,19,20). The lowest BCUT2D eigenvalue weighted by Gasteiger charge is -2.23. The smallest absolute Gasteiger partial charge is 0.323 e. The number of fused-ring (bicyclic) bond motifs is 1. The Kier molecular flexibility index (Phi) is 3.44. The van der Waals surface area contributed by atoms with Gasteiger partial charge in [-0.1, -0.05) is 12.1 Å². The molecule has 0 radical (unpaired) electrons. The van der Waals surface area contributed by atoms with Gasteiger partial charge in [-0.2, -0.15) is 0 Å². The van der Waals surface area contributed by atoms with Gasteiger partial charge in [-0.25, -0.2) is 4.98 Å². The SMILES string of the molecule is CC(c1nc2ccccc2n1CC(=O)O)N1CCCC1. The number of carboxylic acid groups (broad SMARTS) is 1. The predicted octanol–water partition coefficient (Wildman–Crippen LogP) is 2.28. The van der Waals surface area contributed by atoms with Crippen LogP contribution in [0.5, 0.6) is 0 Å². The number of rotatable bonds is 4. The van der Waals surface area contributed by atoms with Crippen LogP contribution in [0.2, 0.25) is 0 Å². The van der Waals surface area contributed by atoms with Crippen LogP contribution >= 0.6 is 0 Å². The Bertz CT molecular complexity index is 629. The lowest BCUT2D eigenvalue weighted by Crippen LogP contribution is -2.26. The highest BCUT2D eigenvalue weighted by Gasteiger charge is 2.25. The Hall–Kier alpha value is -1.88. The van der Waals surface area contributed by atoms with Gasteiger partial charge in [0.05, 0.1) is 17.1 Å². The van der Waals surface area contributed by atoms with Gasteiger partial charge < -0.3 is 9.67 Å². The second kappa shape index (κ2) is 5.25. The Morgan fingerprint density at radius 3 is 2.75 bits per heavy atom. The maximum atomic E-state index is 11.1. The van der Waals surface area contributed by atoms with Gasteiger partial charge in [0.15, 0.2) is 0 Å². The molecule has 1 atom stereocenters. The molecule has 2 aromatic rings. The maximum Gasteiger partial charge on any atom is 0.323 e. The van der Waals surface area contributed by atoms with Crippen LogP contribution < -0.4 is 0 Å². The molecule has 5 nitrogen and oxygen atoms in total. The third-order valence-corrected chi connectivity index (χ3v) is 4.04. The highest BCUT2D eigenvalue weighted by atomic mass is 16.4. The average molecular weight is 273 g/mol. The van der Waals surface area contributed by atoms with E-state index in [0.29, 0.717) is 0 Å². The number of carbonyl (C=O) groups is 1. The van der Waals surface area contributed by atoms with E-state index in [9.17, 15) is 4.79 Å². The topological polar surface area (TPSA) is 58.4 Å². The van der Waals surface area contributed by atoms with E-state index < -0.39 is 5.97 Å². The van der Waals surface area contributed by atoms with Gasteiger partial charge in [0.1, 0.15) is 12.4 Å². The molecule has 1 aliphatic heterocycles. The molecule has 3 rings (SSSR count). The van der Waals surface area contributed by atoms with Crippen LogP contribution in [0.15, 0.2) is 24.3 Å². The van der Waals surface area contributed by atoms with Crippen molar-refractivity contribution in [3.05, 3.63) is 30.1 Å². The molecule has 5 heteroatoms. The third-order valence-electron chi connectivity index (χ3n) is 4.04. The molecule has 1 N–H and O–H groups in total. The minimum absolute atomic E-state index is 0.0337. The zero-order chi connectivity index (χ0) is 14.1. The van der Waals surface area contributed by atoms with Gasteiger partial charge in [0.2, 0.25) is 0 Å². The molecule has 0 spiro atoms. The molecule has 1 saturated heterocycles. The second-order valence-electron chi connectivity index (χ2n) is 5.36. The summed E-state index contributed by atoms with van der Waals surface area (Å²) in [7, 11) is 0. The lowest BCUT2D eigenvalue weighted by molar-refractivity contribution is -0.137. The quantitative estimate of drug-likeness (QED) is 0.928. The van der Waals surface area contributed by atoms with Crippen LogP contribution in [-0.2, 0) is 11.3 Å². The lowest BCUT2D eigenvalue weighted by atomic mass is 10.2. The molecule has 0 amide bonds. The zero-order valence-electron chi connectivity index (χ0n) is 11.6. The van der Waals surface area contributed by atoms with Crippen molar-refractivity contribution in [1.29, 1.82) is 0 Å². The summed E-state index contributed by atoms with van der Waals surface area (Å²) in [5, 5.41) is 9.15. The van der Waals surface area contributed by atoms with Gasteiger partial charge in [-0.3, -0.25) is 9.69 Å². The summed E-state index contributed by atoms with van der Waals surface area (Å²) < 4.78 is 1.83. The van der Waals surface area contributed by atoms with Crippen molar-refractivity contribution in [2.24, 2.45) is 0 Å². The Morgan fingerprint density at radius 2 is 2.05 bits per heavy atom. The zero-order valence-corrected chi connectivity index (χ0v) is 11.6. The molecule has 1 fully saturated rings. The van der Waals surface area contributed by atoms with E-state index in [0.717, 1.165) is 29.9 Å². The van der Waals surface area contributed by atoms with E-state index in [1.807, 2.05) is 28.8 Å². The number of imidazole rings is 1. The highest BCUT2D eigenvalue weighted by Crippen LogP contribution is 2.27. The van der Waals surface area contributed by atoms with Gasteiger partial charge in [-0.05, 0) is 45.0 Å². The average Bonchev–Trinajstić information content (AvgIpc) is 3.06. The molecule has 1 aromatic heterocycles. The van der Waals surface area contributed by atoms with Crippen molar-refractivity contribution in [1.82, 2.24) is 14.5 Å². The number of hydrogen-bond donors (Lipinski definition) is 1. The summed E-state index contributed by atoms with van der Waals surface area (Å²) in [5.74, 6) is 0.0264. The van der Waals surface area contributed by atoms with Crippen molar-refractivity contribution < 1.29 is 9.90 Å². The van der Waals surface area contributed by atoms with Crippen molar-refractivity contribution in [3.63, 3.8) is 0 Å². The van der Waals surface area contributed by atoms with E-state index in [-0.39, 0.29) is 12.6 Å². The first-order chi connectivity index (χ1) is 9.66. The first kappa shape index (κ1) is 13.1. The monoisotopic (exact) mass is 273 g/mol. The fourth-order valence-electron chi connectivity index (χ4n) is 3.01. The molecule has 106 valence electrons. The number of carboxylic acids is 1. The van der Waals surface area contributed by atoms with Gasteiger partial charge >= 0.3 is 5.97 Å². The number of benzene rings is 1. The summed E-state index contributed by atoms with van der Waals surface area (Å²) in [5.41, 5.74) is 1.77. The highest BCUT2D eigenvalue weighted by molar-refractivity contribution is 5.78. The number of para-hydroxylation sites is 2. The molecule has 0 aliphatic carbocycles. The molecular weight excluding hydrogens is 254 g/mol. The molecule has 20 heavy (non-hydrogen) atoms. The van der Waals surface area contributed by atoms with Crippen molar-refractivity contribution in [3.8, 4) is 0 Å². The van der Waals surface area contributed by atoms with Crippen LogP contribution in [0.1, 0.15) is 31.6 Å². The fraction of sp³-hybridized carbons (Fsp3) is 0.467. The van der Waals surface area contributed by atoms with E-state index in [1.54, 1.807) is 0 Å². The predicted molar refractivity (Wildman–Crippen MR) is 76.6 cm³/mol. The van der Waals surface area contributed by atoms with E-state index >= 15 is 0 Å². The molecule has 1 aromatic carbocycles. The minimum Gasteiger partial charge on any atom is -0.480 e. The number of hydrogen-bond acceptors (Lipinski definition) is 3. The number of aromatic nitrogens is 2. The van der Waals surface area contributed by atoms with E-state index in [1.165, 1.54) is 12.8 Å². The van der Waals surface area contributed by atoms with E-state index in [2.05, 4.69) is 16.8 Å². The maximum absolute atomic E-state index is 11.1. The minimum atomic E-state index is -0.831. The van der Waals surface area contributed by atoms with E-state index in [4.69, 9.17) is 5.11 Å². The van der Waals surface area contributed by atoms with Crippen LogP contribution in [-0.4, -0.2) is 38.6 Å². The largest absolute Gasteiger partial charge is 0.480 e. The summed E-state index contributed by atoms with van der Waals surface area (Å²) in [6, 6.07) is 7.89. The second-order valence-corrected chi connectivity index (χ2v) is 5.36. The molecule has 1 aliphatic rings. The molecule has 0 saturated carbocycles. The molecular formula is C15H19N3O2. The Balaban J connectivity index is 2.05. The van der Waals surface area contributed by atoms with Crippen LogP contribution in [0, 0.1) is 0 Å². The number of aliphatic carboxylic acids is 1. The Labute approximate surface area is 117 Å². The summed E-state index contributed by atoms with van der Waals surface area (Å²) in [4.78, 5) is 18.2. The van der Waals surface area contributed by atoms with Crippen molar-refractivity contribution in [2.45, 2.75) is 32.4 Å². The van der Waals surface area contributed by atoms with Crippen LogP contribution in [0.25, 0.3) is 11.0 Å². The van der Waals surface area contributed by atoms with Crippen LogP contribution in [0.4, 0.5) is 0 Å². The van der Waals surface area contributed by atoms with Crippen LogP contribution in [0.3, 0.4) is 0 Å². The molecule has 0 bridgehead atoms. The first-order valence-electron chi connectivity index (χ1n) is 7.08. The van der Waals surface area contributed by atoms with Gasteiger partial charge in [0, 0.05) is 0 Å². The Morgan fingerprint density at radius 1 is 1.35 bits per heavy atom. The normalized spacial score (nSPS) is 17.6. The summed E-state index contributed by atoms with van der Waals surface area (Å²) in [6.45, 7) is 4.22. The first-order valence-corrected chi connectivity index (χ1v) is 7.08. The molecule has 1 unspecified atom stereocenters. The number of likely N-dealkylation sites (tertiary alicyclic amines) is 1. The summed E-state index contributed by atoms with van der Waals surface area (Å²) in [6.07, 6.45) is 2.42. The third kappa shape index (κ3) is 2.29. The van der Waals surface area contributed by atoms with Gasteiger partial charge in [-0.15, -0.1) is 0 Å². The molecule has 2 heterocycles. The van der Waals surface area contributed by atoms with Crippen molar-refractivity contribution >= 4 is 17.0 Å². The summed E-state index contributed by atoms with van der Waals surface area (Å²) >= 11 is 0. The number of nitrogens with zero attached hydrogens (tertiary/aromatic N) is 3. The van der Waals surface area contributed by atoms with Gasteiger partial charge in [0.25, 0.3) is 0 Å². The van der Waals surface area contributed by atoms with Crippen molar-refractivity contribution in [2.75, 3.05) is 13.1 Å². The fourth-order valence-corrected chi connectivity index (χ4v) is 3.01.